The molecule has 8 nitrogen and oxygen atoms in total. The van der Waals surface area contributed by atoms with E-state index >= 15 is 0 Å². The van der Waals surface area contributed by atoms with Crippen LogP contribution in [-0.2, 0) is 17.6 Å². The summed E-state index contributed by atoms with van der Waals surface area (Å²) >= 11 is 1.68. The van der Waals surface area contributed by atoms with Crippen molar-refractivity contribution < 1.29 is 14.3 Å². The highest BCUT2D eigenvalue weighted by atomic mass is 32.1. The molecule has 0 unspecified atom stereocenters. The monoisotopic (exact) mass is 517 g/mol. The first-order chi connectivity index (χ1) is 17.7. The van der Waals surface area contributed by atoms with Crippen LogP contribution in [0.2, 0.25) is 0 Å². The van der Waals surface area contributed by atoms with Gasteiger partial charge in [0.2, 0.25) is 0 Å². The Balaban J connectivity index is 1.36. The van der Waals surface area contributed by atoms with Gasteiger partial charge in [0.05, 0.1) is 11.6 Å². The third-order valence-corrected chi connectivity index (χ3v) is 7.31. The molecule has 1 aromatic carbocycles. The fraction of sp³-hybridized carbons (Fsp3) is 0.357. The van der Waals surface area contributed by atoms with Crippen molar-refractivity contribution in [3.63, 3.8) is 0 Å². The summed E-state index contributed by atoms with van der Waals surface area (Å²) in [6.07, 6.45) is 4.56. The highest BCUT2D eigenvalue weighted by molar-refractivity contribution is 7.19. The number of carbonyl (C=O) groups is 1. The van der Waals surface area contributed by atoms with E-state index in [1.165, 1.54) is 10.4 Å². The zero-order chi connectivity index (χ0) is 26.2. The highest BCUT2D eigenvalue weighted by Gasteiger charge is 2.27. The van der Waals surface area contributed by atoms with Crippen LogP contribution in [-0.4, -0.2) is 44.6 Å². The number of benzene rings is 1. The van der Waals surface area contributed by atoms with E-state index in [-0.39, 0.29) is 6.09 Å². The molecule has 0 aliphatic carbocycles. The Morgan fingerprint density at radius 2 is 1.86 bits per heavy atom. The first-order valence-corrected chi connectivity index (χ1v) is 13.2. The minimum absolute atomic E-state index is 0.263. The second kappa shape index (κ2) is 9.97. The zero-order valence-corrected chi connectivity index (χ0v) is 22.6. The number of rotatable bonds is 4. The molecule has 0 atom stereocenters. The van der Waals surface area contributed by atoms with Gasteiger partial charge in [0, 0.05) is 29.3 Å². The Morgan fingerprint density at radius 3 is 2.59 bits per heavy atom. The molecule has 0 bridgehead atoms. The third kappa shape index (κ3) is 5.67. The molecule has 0 fully saturated rings. The van der Waals surface area contributed by atoms with Crippen molar-refractivity contribution in [1.82, 2.24) is 19.9 Å². The fourth-order valence-corrected chi connectivity index (χ4v) is 5.50. The van der Waals surface area contributed by atoms with E-state index < -0.39 is 5.60 Å². The summed E-state index contributed by atoms with van der Waals surface area (Å²) in [4.78, 5) is 30.1. The van der Waals surface area contributed by atoms with Gasteiger partial charge in [-0.1, -0.05) is 0 Å². The van der Waals surface area contributed by atoms with Crippen LogP contribution >= 0.6 is 11.3 Å². The average Bonchev–Trinajstić information content (AvgIpc) is 3.06. The largest absolute Gasteiger partial charge is 0.455 e. The molecule has 0 radical (unpaired) electrons. The maximum atomic E-state index is 12.7. The summed E-state index contributed by atoms with van der Waals surface area (Å²) in [5.41, 5.74) is 3.55. The van der Waals surface area contributed by atoms with Crippen molar-refractivity contribution in [3.05, 3.63) is 64.6 Å². The van der Waals surface area contributed by atoms with E-state index in [9.17, 15) is 4.79 Å². The number of aryl methyl sites for hydroxylation is 2. The number of thiophene rings is 1. The van der Waals surface area contributed by atoms with Crippen molar-refractivity contribution >= 4 is 39.2 Å². The molecule has 192 valence electrons. The molecular weight excluding hydrogens is 486 g/mol. The van der Waals surface area contributed by atoms with Crippen LogP contribution in [0, 0.1) is 13.8 Å². The van der Waals surface area contributed by atoms with Gasteiger partial charge in [0.25, 0.3) is 0 Å². The van der Waals surface area contributed by atoms with Crippen molar-refractivity contribution in [3.8, 4) is 11.5 Å². The lowest BCUT2D eigenvalue weighted by molar-refractivity contribution is 0.0259. The highest BCUT2D eigenvalue weighted by Crippen LogP contribution is 2.37. The minimum atomic E-state index is -0.512. The summed E-state index contributed by atoms with van der Waals surface area (Å²) in [6.45, 7) is 10.9. The lowest BCUT2D eigenvalue weighted by Crippen LogP contribution is -2.38. The molecule has 4 aromatic rings. The van der Waals surface area contributed by atoms with E-state index in [4.69, 9.17) is 9.47 Å². The van der Waals surface area contributed by atoms with Gasteiger partial charge in [-0.2, -0.15) is 0 Å². The normalized spacial score (nSPS) is 13.7. The van der Waals surface area contributed by atoms with Gasteiger partial charge >= 0.3 is 6.09 Å². The molecule has 1 aliphatic heterocycles. The SMILES string of the molecule is Cc1ccc(Oc2ccc(Nc3ncnc4sc5c(c34)CCN(C(=O)OC(C)(C)C)CC5)cc2C)cn1. The van der Waals surface area contributed by atoms with Crippen LogP contribution in [0.25, 0.3) is 10.2 Å². The third-order valence-electron chi connectivity index (χ3n) is 6.11. The van der Waals surface area contributed by atoms with E-state index in [0.29, 0.717) is 18.8 Å². The van der Waals surface area contributed by atoms with Gasteiger partial charge in [-0.15, -0.1) is 11.3 Å². The van der Waals surface area contributed by atoms with Crippen LogP contribution in [0.15, 0.2) is 42.9 Å². The number of fused-ring (bicyclic) bond motifs is 3. The molecule has 1 amide bonds. The molecule has 3 aromatic heterocycles. The van der Waals surface area contributed by atoms with E-state index in [1.54, 1.807) is 28.8 Å². The minimum Gasteiger partial charge on any atom is -0.455 e. The molecule has 0 saturated carbocycles. The van der Waals surface area contributed by atoms with Gasteiger partial charge in [0.1, 0.15) is 34.1 Å². The summed E-state index contributed by atoms with van der Waals surface area (Å²) < 4.78 is 11.6. The molecule has 9 heteroatoms. The summed E-state index contributed by atoms with van der Waals surface area (Å²) in [7, 11) is 0. The van der Waals surface area contributed by atoms with Crippen LogP contribution in [0.4, 0.5) is 16.3 Å². The van der Waals surface area contributed by atoms with Gasteiger partial charge < -0.3 is 19.7 Å². The van der Waals surface area contributed by atoms with Gasteiger partial charge in [0.15, 0.2) is 0 Å². The van der Waals surface area contributed by atoms with Crippen LogP contribution < -0.4 is 10.1 Å². The lowest BCUT2D eigenvalue weighted by atomic mass is 10.1. The van der Waals surface area contributed by atoms with Gasteiger partial charge in [-0.3, -0.25) is 4.98 Å². The van der Waals surface area contributed by atoms with Crippen LogP contribution in [0.5, 0.6) is 11.5 Å². The molecule has 5 rings (SSSR count). The Bertz CT molecular complexity index is 1440. The number of ether oxygens (including phenoxy) is 2. The summed E-state index contributed by atoms with van der Waals surface area (Å²) in [5, 5.41) is 4.52. The predicted octanol–water partition coefficient (Wildman–Crippen LogP) is 6.57. The van der Waals surface area contributed by atoms with Crippen molar-refractivity contribution in [1.29, 1.82) is 0 Å². The Morgan fingerprint density at radius 1 is 1.05 bits per heavy atom. The Kier molecular flexibility index (Phi) is 6.72. The number of carbonyl (C=O) groups excluding carboxylic acids is 1. The number of hydrogen-bond acceptors (Lipinski definition) is 8. The van der Waals surface area contributed by atoms with Crippen LogP contribution in [0.3, 0.4) is 0 Å². The number of hydrogen-bond donors (Lipinski definition) is 1. The molecule has 1 N–H and O–H groups in total. The van der Waals surface area contributed by atoms with Crippen molar-refractivity contribution in [2.45, 2.75) is 53.1 Å². The second-order valence-corrected chi connectivity index (χ2v) is 11.3. The standard InChI is InChI=1S/C28H31N5O3S/c1-17-14-19(7-9-22(17)35-20-8-6-18(2)29-15-20)32-25-24-21-10-12-33(27(34)36-28(3,4)5)13-11-23(21)37-26(24)31-16-30-25/h6-9,14-16H,10-13H2,1-5H3,(H,30,31,32). The molecular formula is C28H31N5O3S. The van der Waals surface area contributed by atoms with E-state index in [1.807, 2.05) is 65.0 Å². The maximum absolute atomic E-state index is 12.7. The molecule has 37 heavy (non-hydrogen) atoms. The quantitative estimate of drug-likeness (QED) is 0.327. The number of aromatic nitrogens is 3. The second-order valence-electron chi connectivity index (χ2n) is 10.2. The lowest BCUT2D eigenvalue weighted by Gasteiger charge is -2.26. The summed E-state index contributed by atoms with van der Waals surface area (Å²) in [5.74, 6) is 2.24. The Hall–Kier alpha value is -3.72. The number of nitrogens with zero attached hydrogens (tertiary/aromatic N) is 4. The van der Waals surface area contributed by atoms with Crippen LogP contribution in [0.1, 0.15) is 42.5 Å². The molecule has 4 heterocycles. The molecule has 1 aliphatic rings. The Labute approximate surface area is 220 Å². The van der Waals surface area contributed by atoms with E-state index in [0.717, 1.165) is 51.6 Å². The van der Waals surface area contributed by atoms with Gasteiger partial charge in [-0.25, -0.2) is 14.8 Å². The number of anilines is 2. The number of pyridine rings is 1. The predicted molar refractivity (Wildman–Crippen MR) is 146 cm³/mol. The maximum Gasteiger partial charge on any atom is 0.410 e. The molecule has 0 spiro atoms. The fourth-order valence-electron chi connectivity index (χ4n) is 4.32. The van der Waals surface area contributed by atoms with Crippen molar-refractivity contribution in [2.24, 2.45) is 0 Å². The van der Waals surface area contributed by atoms with E-state index in [2.05, 4.69) is 20.3 Å². The number of nitrogens with one attached hydrogen (secondary N) is 1. The van der Waals surface area contributed by atoms with Crippen molar-refractivity contribution in [2.75, 3.05) is 18.4 Å². The average molecular weight is 518 g/mol. The summed E-state index contributed by atoms with van der Waals surface area (Å²) in [6, 6.07) is 9.81. The topological polar surface area (TPSA) is 89.5 Å². The molecule has 0 saturated heterocycles. The first kappa shape index (κ1) is 25.0. The smallest absolute Gasteiger partial charge is 0.410 e. The number of amides is 1. The zero-order valence-electron chi connectivity index (χ0n) is 21.8. The van der Waals surface area contributed by atoms with Gasteiger partial charge in [-0.05, 0) is 88.9 Å². The first-order valence-electron chi connectivity index (χ1n) is 12.4.